The molecule has 0 aromatic heterocycles. The van der Waals surface area contributed by atoms with Crippen LogP contribution in [0.2, 0.25) is 0 Å². The van der Waals surface area contributed by atoms with Crippen LogP contribution in [0.4, 0.5) is 0 Å². The molecule has 19 nitrogen and oxygen atoms in total. The highest BCUT2D eigenvalue weighted by atomic mass is 16.8. The van der Waals surface area contributed by atoms with Gasteiger partial charge in [0.15, 0.2) is 18.9 Å². The van der Waals surface area contributed by atoms with Crippen molar-refractivity contribution in [3.63, 3.8) is 0 Å². The van der Waals surface area contributed by atoms with Gasteiger partial charge in [-0.25, -0.2) is 0 Å². The molecule has 12 N–H and O–H groups in total. The number of allylic oxidation sites excluding steroid dienone is 5. The van der Waals surface area contributed by atoms with Crippen molar-refractivity contribution in [2.45, 2.75) is 433 Å². The third kappa shape index (κ3) is 40.3. The van der Waals surface area contributed by atoms with E-state index in [9.17, 15) is 61.0 Å². The summed E-state index contributed by atoms with van der Waals surface area (Å²) >= 11 is 0. The molecule has 3 aliphatic rings. The normalized spacial score (nSPS) is 26.9. The van der Waals surface area contributed by atoms with Crippen molar-refractivity contribution >= 4 is 5.91 Å². The number of aliphatic hydroxyl groups excluding tert-OH is 11. The van der Waals surface area contributed by atoms with E-state index in [1.54, 1.807) is 6.08 Å². The largest absolute Gasteiger partial charge is 0.394 e. The van der Waals surface area contributed by atoms with E-state index in [0.717, 1.165) is 44.9 Å². The number of hydrogen-bond donors (Lipinski definition) is 12. The van der Waals surface area contributed by atoms with Crippen molar-refractivity contribution < 1.29 is 89.4 Å². The van der Waals surface area contributed by atoms with Crippen molar-refractivity contribution in [1.29, 1.82) is 0 Å². The molecule has 0 saturated carbocycles. The van der Waals surface area contributed by atoms with Gasteiger partial charge in [0.05, 0.1) is 38.6 Å². The van der Waals surface area contributed by atoms with Crippen LogP contribution < -0.4 is 5.32 Å². The van der Waals surface area contributed by atoms with E-state index < -0.39 is 124 Å². The Labute approximate surface area is 593 Å². The molecular formula is C79H147NO18. The standard InChI is InChI=1S/C79H147NO18/c1-3-5-7-9-11-13-15-17-19-21-23-25-26-27-28-29-30-31-32-33-34-35-37-39-41-43-45-47-49-51-53-55-57-67(85)80-62(63(84)56-54-52-50-48-46-44-42-40-38-36-24-22-20-18-16-14-12-10-8-6-4-2)61-93-77-73(91)70(88)75(65(59-82)95-77)98-79-74(92)71(89)76(66(60-83)96-79)97-78-72(90)69(87)68(86)64(58-81)94-78/h38,40,46,48,54,56,62-66,68-79,81-84,86-92H,3-37,39,41-45,47,49-53,55,57-61H2,1-2H3,(H,80,85)/b40-38+,48-46+,56-54+. The van der Waals surface area contributed by atoms with Gasteiger partial charge in [0, 0.05) is 6.42 Å². The van der Waals surface area contributed by atoms with Crippen LogP contribution in [-0.4, -0.2) is 193 Å². The number of nitrogens with one attached hydrogen (secondary N) is 1. The number of unbranched alkanes of at least 4 members (excludes halogenated alkanes) is 44. The van der Waals surface area contributed by atoms with Gasteiger partial charge in [0.1, 0.15) is 73.2 Å². The molecule has 0 bridgehead atoms. The second-order valence-electron chi connectivity index (χ2n) is 28.9. The maximum Gasteiger partial charge on any atom is 0.220 e. The molecule has 17 unspecified atom stereocenters. The first kappa shape index (κ1) is 90.2. The SMILES string of the molecule is CCCCCCCCCCCCC/C=C/CC/C=C/CC/C=C/C(O)C(COC1OC(CO)C(OC2OC(CO)C(OC3OC(CO)C(O)C(O)C3O)C(O)C2O)C(O)C1O)NC(=O)CCCCCCCCCCCCCCCCCCCCCCCCCCCCCCCCCC. The van der Waals surface area contributed by atoms with Gasteiger partial charge in [-0.2, -0.15) is 0 Å². The molecule has 19 heteroatoms. The fraction of sp³-hybridized carbons (Fsp3) is 0.911. The lowest BCUT2D eigenvalue weighted by Gasteiger charge is -2.48. The predicted octanol–water partition coefficient (Wildman–Crippen LogP) is 13.1. The van der Waals surface area contributed by atoms with Crippen molar-refractivity contribution in [3.05, 3.63) is 36.5 Å². The van der Waals surface area contributed by atoms with Crippen molar-refractivity contribution in [3.8, 4) is 0 Å². The fourth-order valence-corrected chi connectivity index (χ4v) is 13.7. The van der Waals surface area contributed by atoms with Crippen molar-refractivity contribution in [1.82, 2.24) is 5.32 Å². The molecule has 1 amide bonds. The highest BCUT2D eigenvalue weighted by Crippen LogP contribution is 2.33. The molecule has 98 heavy (non-hydrogen) atoms. The van der Waals surface area contributed by atoms with Crippen LogP contribution >= 0.6 is 0 Å². The molecule has 0 aromatic carbocycles. The van der Waals surface area contributed by atoms with Crippen molar-refractivity contribution in [2.75, 3.05) is 26.4 Å². The van der Waals surface area contributed by atoms with E-state index in [2.05, 4.69) is 43.5 Å². The maximum absolute atomic E-state index is 13.5. The second kappa shape index (κ2) is 60.3. The number of ether oxygens (including phenoxy) is 6. The topological polar surface area (TPSA) is 307 Å². The quantitative estimate of drug-likeness (QED) is 0.0199. The van der Waals surface area contributed by atoms with Crippen LogP contribution in [0, 0.1) is 0 Å². The summed E-state index contributed by atoms with van der Waals surface area (Å²) in [6.07, 6.45) is 47.2. The van der Waals surface area contributed by atoms with Crippen LogP contribution in [0.3, 0.4) is 0 Å². The Morgan fingerprint density at radius 3 is 1.02 bits per heavy atom. The van der Waals surface area contributed by atoms with Gasteiger partial charge in [-0.3, -0.25) is 4.79 Å². The third-order valence-electron chi connectivity index (χ3n) is 20.2. The maximum atomic E-state index is 13.5. The molecule has 3 rings (SSSR count). The van der Waals surface area contributed by atoms with Crippen LogP contribution in [-0.2, 0) is 33.2 Å². The molecule has 576 valence electrons. The summed E-state index contributed by atoms with van der Waals surface area (Å²) in [6.45, 7) is 1.76. The molecule has 0 spiro atoms. The number of hydrogen-bond acceptors (Lipinski definition) is 18. The summed E-state index contributed by atoms with van der Waals surface area (Å²) < 4.78 is 34.4. The van der Waals surface area contributed by atoms with E-state index in [-0.39, 0.29) is 18.9 Å². The van der Waals surface area contributed by atoms with Gasteiger partial charge in [-0.05, 0) is 44.9 Å². The minimum atomic E-state index is -1.98. The van der Waals surface area contributed by atoms with E-state index in [1.807, 2.05) is 6.08 Å². The first-order valence-electron chi connectivity index (χ1n) is 40.2. The fourth-order valence-electron chi connectivity index (χ4n) is 13.7. The number of amides is 1. The van der Waals surface area contributed by atoms with Gasteiger partial charge >= 0.3 is 0 Å². The molecule has 0 aliphatic carbocycles. The molecule has 3 fully saturated rings. The monoisotopic (exact) mass is 1400 g/mol. The smallest absolute Gasteiger partial charge is 0.220 e. The minimum Gasteiger partial charge on any atom is -0.394 e. The lowest BCUT2D eigenvalue weighted by atomic mass is 9.96. The summed E-state index contributed by atoms with van der Waals surface area (Å²) in [5, 5.41) is 121. The number of rotatable bonds is 64. The summed E-state index contributed by atoms with van der Waals surface area (Å²) in [7, 11) is 0. The minimum absolute atomic E-state index is 0.236. The van der Waals surface area contributed by atoms with E-state index in [1.165, 1.54) is 250 Å². The summed E-state index contributed by atoms with van der Waals surface area (Å²) in [4.78, 5) is 13.5. The van der Waals surface area contributed by atoms with E-state index in [4.69, 9.17) is 28.4 Å². The lowest BCUT2D eigenvalue weighted by Crippen LogP contribution is -2.66. The van der Waals surface area contributed by atoms with Gasteiger partial charge < -0.3 is 89.9 Å². The van der Waals surface area contributed by atoms with Gasteiger partial charge in [0.25, 0.3) is 0 Å². The first-order valence-corrected chi connectivity index (χ1v) is 40.2. The van der Waals surface area contributed by atoms with Gasteiger partial charge in [0.2, 0.25) is 5.91 Å². The highest BCUT2D eigenvalue weighted by Gasteiger charge is 2.54. The second-order valence-corrected chi connectivity index (χ2v) is 28.9. The molecule has 17 atom stereocenters. The van der Waals surface area contributed by atoms with Crippen LogP contribution in [0.15, 0.2) is 36.5 Å². The molecular weight excluding hydrogens is 1250 g/mol. The average molecular weight is 1400 g/mol. The Bertz CT molecular complexity index is 1910. The van der Waals surface area contributed by atoms with Crippen LogP contribution in [0.25, 0.3) is 0 Å². The van der Waals surface area contributed by atoms with Crippen molar-refractivity contribution in [2.24, 2.45) is 0 Å². The zero-order chi connectivity index (χ0) is 71.1. The molecule has 3 heterocycles. The molecule has 0 radical (unpaired) electrons. The third-order valence-corrected chi connectivity index (χ3v) is 20.2. The predicted molar refractivity (Wildman–Crippen MR) is 388 cm³/mol. The van der Waals surface area contributed by atoms with Crippen LogP contribution in [0.5, 0.6) is 0 Å². The van der Waals surface area contributed by atoms with E-state index in [0.29, 0.717) is 12.8 Å². The van der Waals surface area contributed by atoms with E-state index >= 15 is 0 Å². The number of carbonyl (C=O) groups excluding carboxylic acids is 1. The number of aliphatic hydroxyl groups is 11. The Morgan fingerprint density at radius 1 is 0.357 bits per heavy atom. The summed E-state index contributed by atoms with van der Waals surface area (Å²) in [5.74, 6) is -0.283. The lowest BCUT2D eigenvalue weighted by molar-refractivity contribution is -0.379. The summed E-state index contributed by atoms with van der Waals surface area (Å²) in [6, 6.07) is -0.996. The Kier molecular flexibility index (Phi) is 55.5. The van der Waals surface area contributed by atoms with Gasteiger partial charge in [-0.15, -0.1) is 0 Å². The number of carbonyl (C=O) groups is 1. The Morgan fingerprint density at radius 2 is 0.653 bits per heavy atom. The zero-order valence-corrected chi connectivity index (χ0v) is 61.5. The van der Waals surface area contributed by atoms with Gasteiger partial charge in [-0.1, -0.05) is 314 Å². The summed E-state index contributed by atoms with van der Waals surface area (Å²) in [5.41, 5.74) is 0. The molecule has 0 aromatic rings. The first-order chi connectivity index (χ1) is 47.8. The Hall–Kier alpha value is -1.99. The zero-order valence-electron chi connectivity index (χ0n) is 61.5. The van der Waals surface area contributed by atoms with Crippen LogP contribution in [0.1, 0.15) is 328 Å². The average Bonchev–Trinajstić information content (AvgIpc) is 0.784. The molecule has 3 saturated heterocycles. The Balaban J connectivity index is 1.37. The highest BCUT2D eigenvalue weighted by molar-refractivity contribution is 5.76. The molecule has 3 aliphatic heterocycles.